The van der Waals surface area contributed by atoms with E-state index in [9.17, 15) is 14.7 Å². The molecule has 1 aromatic carbocycles. The molecule has 0 radical (unpaired) electrons. The highest BCUT2D eigenvalue weighted by Crippen LogP contribution is 2.36. The van der Waals surface area contributed by atoms with Crippen LogP contribution in [0.5, 0.6) is 5.75 Å². The summed E-state index contributed by atoms with van der Waals surface area (Å²) in [7, 11) is 1.51. The van der Waals surface area contributed by atoms with Gasteiger partial charge in [0.1, 0.15) is 16.7 Å². The summed E-state index contributed by atoms with van der Waals surface area (Å²) in [6.07, 6.45) is 3.49. The molecule has 0 spiro atoms. The van der Waals surface area contributed by atoms with E-state index in [0.29, 0.717) is 30.1 Å². The normalized spacial score (nSPS) is 24.9. The minimum atomic E-state index is -1.22. The third-order valence-electron chi connectivity index (χ3n) is 4.95. The average molecular weight is 354 g/mol. The quantitative estimate of drug-likeness (QED) is 0.767. The van der Waals surface area contributed by atoms with Crippen LogP contribution in [0, 0.1) is 5.92 Å². The maximum atomic E-state index is 12.6. The van der Waals surface area contributed by atoms with Crippen LogP contribution in [0.1, 0.15) is 50.0 Å². The monoisotopic (exact) mass is 353 g/mol. The maximum Gasteiger partial charge on any atom is 0.329 e. The van der Waals surface area contributed by atoms with Crippen molar-refractivity contribution < 1.29 is 19.4 Å². The smallest absolute Gasteiger partial charge is 0.329 e. The van der Waals surface area contributed by atoms with Crippen molar-refractivity contribution in [3.8, 4) is 5.75 Å². The van der Waals surface area contributed by atoms with Crippen molar-refractivity contribution in [1.29, 1.82) is 0 Å². The summed E-state index contributed by atoms with van der Waals surface area (Å²) in [4.78, 5) is 24.4. The number of hydrogen-bond acceptors (Lipinski definition) is 3. The SMILES string of the molecule is CCC1CCC(NC(=O)C(Cl)c2ccccc2OC)(C(=O)O)CC1. The molecule has 0 heterocycles. The molecule has 5 nitrogen and oxygen atoms in total. The van der Waals surface area contributed by atoms with Gasteiger partial charge in [-0.05, 0) is 37.7 Å². The summed E-state index contributed by atoms with van der Waals surface area (Å²) in [6.45, 7) is 2.10. The number of para-hydroxylation sites is 1. The number of carbonyl (C=O) groups excluding carboxylic acids is 1. The molecule has 1 aliphatic carbocycles. The van der Waals surface area contributed by atoms with Gasteiger partial charge in [-0.25, -0.2) is 4.79 Å². The van der Waals surface area contributed by atoms with E-state index in [-0.39, 0.29) is 0 Å². The summed E-state index contributed by atoms with van der Waals surface area (Å²) >= 11 is 6.30. The average Bonchev–Trinajstić information content (AvgIpc) is 2.61. The molecule has 1 amide bonds. The topological polar surface area (TPSA) is 75.6 Å². The number of benzene rings is 1. The van der Waals surface area contributed by atoms with Gasteiger partial charge in [-0.1, -0.05) is 31.5 Å². The molecule has 1 fully saturated rings. The third-order valence-corrected chi connectivity index (χ3v) is 5.38. The molecule has 0 saturated heterocycles. The summed E-state index contributed by atoms with van der Waals surface area (Å²) in [5.41, 5.74) is -0.695. The van der Waals surface area contributed by atoms with Gasteiger partial charge in [0.15, 0.2) is 0 Å². The van der Waals surface area contributed by atoms with Crippen LogP contribution in [-0.4, -0.2) is 29.6 Å². The van der Waals surface area contributed by atoms with Gasteiger partial charge in [-0.3, -0.25) is 4.79 Å². The van der Waals surface area contributed by atoms with Gasteiger partial charge in [-0.2, -0.15) is 0 Å². The number of halogens is 1. The van der Waals surface area contributed by atoms with Crippen molar-refractivity contribution in [3.63, 3.8) is 0 Å². The van der Waals surface area contributed by atoms with Crippen molar-refractivity contribution in [2.75, 3.05) is 7.11 Å². The van der Waals surface area contributed by atoms with E-state index >= 15 is 0 Å². The number of ether oxygens (including phenoxy) is 1. The van der Waals surface area contributed by atoms with Crippen LogP contribution in [0.15, 0.2) is 24.3 Å². The molecule has 1 unspecified atom stereocenters. The zero-order valence-corrected chi connectivity index (χ0v) is 14.8. The Balaban J connectivity index is 2.15. The minimum Gasteiger partial charge on any atom is -0.496 e. The van der Waals surface area contributed by atoms with Crippen LogP contribution in [0.4, 0.5) is 0 Å². The fourth-order valence-electron chi connectivity index (χ4n) is 3.29. The van der Waals surface area contributed by atoms with Crippen LogP contribution < -0.4 is 10.1 Å². The molecule has 1 aliphatic rings. The molecule has 6 heteroatoms. The van der Waals surface area contributed by atoms with Gasteiger partial charge in [0.2, 0.25) is 5.91 Å². The Kier molecular flexibility index (Phi) is 6.10. The first-order chi connectivity index (χ1) is 11.4. The molecule has 24 heavy (non-hydrogen) atoms. The van der Waals surface area contributed by atoms with Crippen LogP contribution in [0.2, 0.25) is 0 Å². The highest BCUT2D eigenvalue weighted by molar-refractivity contribution is 6.31. The highest BCUT2D eigenvalue weighted by atomic mass is 35.5. The van der Waals surface area contributed by atoms with E-state index in [2.05, 4.69) is 12.2 Å². The van der Waals surface area contributed by atoms with E-state index in [1.807, 2.05) is 0 Å². The van der Waals surface area contributed by atoms with Crippen molar-refractivity contribution in [2.45, 2.75) is 49.9 Å². The molecule has 132 valence electrons. The van der Waals surface area contributed by atoms with E-state index in [1.165, 1.54) is 7.11 Å². The number of carboxylic acid groups (broad SMARTS) is 1. The number of nitrogens with one attached hydrogen (secondary N) is 1. The van der Waals surface area contributed by atoms with E-state index in [1.54, 1.807) is 24.3 Å². The van der Waals surface area contributed by atoms with Crippen LogP contribution in [0.25, 0.3) is 0 Å². The predicted octanol–water partition coefficient (Wildman–Crippen LogP) is 3.51. The first-order valence-corrected chi connectivity index (χ1v) is 8.69. The zero-order chi connectivity index (χ0) is 17.7. The number of carbonyl (C=O) groups is 2. The Bertz CT molecular complexity index is 596. The van der Waals surface area contributed by atoms with Crippen LogP contribution >= 0.6 is 11.6 Å². The molecular weight excluding hydrogens is 330 g/mol. The number of alkyl halides is 1. The van der Waals surface area contributed by atoms with Gasteiger partial charge >= 0.3 is 5.97 Å². The first kappa shape index (κ1) is 18.6. The molecule has 1 aromatic rings. The highest BCUT2D eigenvalue weighted by Gasteiger charge is 2.44. The Labute approximate surface area is 147 Å². The number of methoxy groups -OCH3 is 1. The Morgan fingerprint density at radius 1 is 1.38 bits per heavy atom. The number of amides is 1. The third kappa shape index (κ3) is 3.83. The van der Waals surface area contributed by atoms with Gasteiger partial charge in [0, 0.05) is 5.56 Å². The van der Waals surface area contributed by atoms with Gasteiger partial charge in [0.25, 0.3) is 0 Å². The lowest BCUT2D eigenvalue weighted by atomic mass is 9.75. The van der Waals surface area contributed by atoms with Crippen molar-refractivity contribution >= 4 is 23.5 Å². The van der Waals surface area contributed by atoms with Crippen molar-refractivity contribution in [1.82, 2.24) is 5.32 Å². The molecule has 2 N–H and O–H groups in total. The second-order valence-corrected chi connectivity index (χ2v) is 6.77. The molecule has 0 aromatic heterocycles. The molecule has 2 rings (SSSR count). The van der Waals surface area contributed by atoms with E-state index in [0.717, 1.165) is 19.3 Å². The van der Waals surface area contributed by atoms with Crippen LogP contribution in [0.3, 0.4) is 0 Å². The standard InChI is InChI=1S/C18H24ClNO4/c1-3-12-8-10-18(11-9-12,17(22)23)20-16(21)15(19)13-6-4-5-7-14(13)24-2/h4-7,12,15H,3,8-11H2,1-2H3,(H,20,21)(H,22,23). The number of aliphatic carboxylic acids is 1. The Morgan fingerprint density at radius 3 is 2.54 bits per heavy atom. The number of rotatable bonds is 6. The fraction of sp³-hybridized carbons (Fsp3) is 0.556. The first-order valence-electron chi connectivity index (χ1n) is 8.26. The lowest BCUT2D eigenvalue weighted by Crippen LogP contribution is -2.57. The fourth-order valence-corrected chi connectivity index (χ4v) is 3.52. The summed E-state index contributed by atoms with van der Waals surface area (Å²) in [5, 5.41) is 11.4. The molecule has 0 bridgehead atoms. The Morgan fingerprint density at radius 2 is 2.00 bits per heavy atom. The zero-order valence-electron chi connectivity index (χ0n) is 14.0. The summed E-state index contributed by atoms with van der Waals surface area (Å²) < 4.78 is 5.23. The maximum absolute atomic E-state index is 12.6. The molecule has 1 atom stereocenters. The van der Waals surface area contributed by atoms with Crippen molar-refractivity contribution in [3.05, 3.63) is 29.8 Å². The molecular formula is C18H24ClNO4. The largest absolute Gasteiger partial charge is 0.496 e. The lowest BCUT2D eigenvalue weighted by molar-refractivity contribution is -0.149. The lowest BCUT2D eigenvalue weighted by Gasteiger charge is -2.37. The Hall–Kier alpha value is -1.75. The van der Waals surface area contributed by atoms with Gasteiger partial charge in [0.05, 0.1) is 7.11 Å². The minimum absolute atomic E-state index is 0.433. The second-order valence-electron chi connectivity index (χ2n) is 6.33. The summed E-state index contributed by atoms with van der Waals surface area (Å²) in [5.74, 6) is -0.463. The predicted molar refractivity (Wildman–Crippen MR) is 92.3 cm³/mol. The second kappa shape index (κ2) is 7.88. The van der Waals surface area contributed by atoms with Gasteiger partial charge in [-0.15, -0.1) is 11.6 Å². The van der Waals surface area contributed by atoms with Gasteiger partial charge < -0.3 is 15.2 Å². The molecule has 1 saturated carbocycles. The van der Waals surface area contributed by atoms with Crippen LogP contribution in [-0.2, 0) is 9.59 Å². The summed E-state index contributed by atoms with van der Waals surface area (Å²) in [6, 6.07) is 6.98. The number of carboxylic acids is 1. The van der Waals surface area contributed by atoms with Crippen molar-refractivity contribution in [2.24, 2.45) is 5.92 Å². The molecule has 0 aliphatic heterocycles. The van der Waals surface area contributed by atoms with E-state index < -0.39 is 22.8 Å². The van der Waals surface area contributed by atoms with E-state index in [4.69, 9.17) is 16.3 Å². The number of hydrogen-bond donors (Lipinski definition) is 2.